The first-order chi connectivity index (χ1) is 8.20. The molecule has 0 saturated carbocycles. The lowest BCUT2D eigenvalue weighted by Gasteiger charge is -2.09. The smallest absolute Gasteiger partial charge is 0.0574 e. The Kier molecular flexibility index (Phi) is 4.42. The summed E-state index contributed by atoms with van der Waals surface area (Å²) in [6, 6.07) is 4.72. The maximum absolute atomic E-state index is 3.57. The summed E-state index contributed by atoms with van der Waals surface area (Å²) >= 11 is 5.36. The molecule has 2 aromatic rings. The zero-order chi connectivity index (χ0) is 12.3. The summed E-state index contributed by atoms with van der Waals surface area (Å²) in [6.07, 6.45) is 4.37. The third-order valence-electron chi connectivity index (χ3n) is 2.80. The molecule has 0 fully saturated rings. The van der Waals surface area contributed by atoms with E-state index in [0.717, 1.165) is 13.1 Å². The van der Waals surface area contributed by atoms with Crippen LogP contribution in [0.1, 0.15) is 30.3 Å². The van der Waals surface area contributed by atoms with Crippen LogP contribution in [-0.2, 0) is 6.54 Å². The van der Waals surface area contributed by atoms with E-state index in [4.69, 9.17) is 0 Å². The summed E-state index contributed by atoms with van der Waals surface area (Å²) in [6.45, 7) is 6.28. The minimum Gasteiger partial charge on any atom is -0.349 e. The van der Waals surface area contributed by atoms with Gasteiger partial charge in [-0.3, -0.25) is 0 Å². The third-order valence-corrected chi connectivity index (χ3v) is 4.71. The highest BCUT2D eigenvalue weighted by atomic mass is 79.9. The van der Waals surface area contributed by atoms with Gasteiger partial charge < -0.3 is 9.88 Å². The highest BCUT2D eigenvalue weighted by Crippen LogP contribution is 2.24. The van der Waals surface area contributed by atoms with Gasteiger partial charge in [0.2, 0.25) is 0 Å². The van der Waals surface area contributed by atoms with Gasteiger partial charge >= 0.3 is 0 Å². The van der Waals surface area contributed by atoms with Crippen molar-refractivity contribution in [1.82, 2.24) is 9.88 Å². The van der Waals surface area contributed by atoms with E-state index in [1.54, 1.807) is 11.3 Å². The number of nitrogens with zero attached hydrogens (tertiary/aromatic N) is 1. The molecule has 2 heterocycles. The summed E-state index contributed by atoms with van der Waals surface area (Å²) in [4.78, 5) is 1.36. The van der Waals surface area contributed by atoms with Crippen molar-refractivity contribution in [2.75, 3.05) is 6.54 Å². The van der Waals surface area contributed by atoms with Crippen molar-refractivity contribution in [2.24, 2.45) is 0 Å². The van der Waals surface area contributed by atoms with Crippen LogP contribution in [0.3, 0.4) is 0 Å². The maximum Gasteiger partial charge on any atom is 0.0574 e. The Labute approximate surface area is 115 Å². The number of hydrogen-bond donors (Lipinski definition) is 1. The molecule has 0 aliphatic carbocycles. The molecule has 0 aromatic carbocycles. The van der Waals surface area contributed by atoms with Crippen molar-refractivity contribution in [3.8, 4) is 0 Å². The Balaban J connectivity index is 2.06. The minimum absolute atomic E-state index is 0.424. The maximum atomic E-state index is 3.57. The summed E-state index contributed by atoms with van der Waals surface area (Å²) in [5, 5.41) is 5.54. The van der Waals surface area contributed by atoms with Gasteiger partial charge in [0.25, 0.3) is 0 Å². The predicted molar refractivity (Wildman–Crippen MR) is 77.6 cm³/mol. The second-order valence-corrected chi connectivity index (χ2v) is 5.94. The molecule has 1 N–H and O–H groups in total. The SMILES string of the molecule is CCNC(C)c1ccn(Cc2sccc2Br)c1. The first-order valence-corrected chi connectivity index (χ1v) is 7.49. The lowest BCUT2D eigenvalue weighted by molar-refractivity contribution is 0.596. The zero-order valence-corrected chi connectivity index (χ0v) is 12.5. The van der Waals surface area contributed by atoms with Crippen LogP contribution in [0.25, 0.3) is 0 Å². The Morgan fingerprint density at radius 1 is 1.47 bits per heavy atom. The molecule has 0 amide bonds. The largest absolute Gasteiger partial charge is 0.349 e. The molecule has 4 heteroatoms. The summed E-state index contributed by atoms with van der Waals surface area (Å²) in [7, 11) is 0. The lowest BCUT2D eigenvalue weighted by Crippen LogP contribution is -2.17. The number of thiophene rings is 1. The molecule has 0 spiro atoms. The molecule has 0 radical (unpaired) electrons. The fourth-order valence-corrected chi connectivity index (χ4v) is 3.33. The van der Waals surface area contributed by atoms with E-state index in [2.05, 4.69) is 69.6 Å². The van der Waals surface area contributed by atoms with Crippen LogP contribution < -0.4 is 5.32 Å². The minimum atomic E-state index is 0.424. The molecule has 1 unspecified atom stereocenters. The van der Waals surface area contributed by atoms with E-state index >= 15 is 0 Å². The van der Waals surface area contributed by atoms with E-state index in [-0.39, 0.29) is 0 Å². The zero-order valence-electron chi connectivity index (χ0n) is 10.1. The van der Waals surface area contributed by atoms with Gasteiger partial charge in [-0.2, -0.15) is 0 Å². The molecule has 1 atom stereocenters. The molecule has 0 bridgehead atoms. The van der Waals surface area contributed by atoms with Crippen LogP contribution in [-0.4, -0.2) is 11.1 Å². The number of halogens is 1. The van der Waals surface area contributed by atoms with E-state index in [9.17, 15) is 0 Å². The fraction of sp³-hybridized carbons (Fsp3) is 0.385. The number of aromatic nitrogens is 1. The average Bonchev–Trinajstić information content (AvgIpc) is 2.90. The lowest BCUT2D eigenvalue weighted by atomic mass is 10.2. The molecule has 0 aliphatic heterocycles. The van der Waals surface area contributed by atoms with Crippen LogP contribution in [0.15, 0.2) is 34.4 Å². The van der Waals surface area contributed by atoms with Gasteiger partial charge in [-0.05, 0) is 52.5 Å². The van der Waals surface area contributed by atoms with Crippen LogP contribution in [0.5, 0.6) is 0 Å². The van der Waals surface area contributed by atoms with Crippen LogP contribution in [0.2, 0.25) is 0 Å². The van der Waals surface area contributed by atoms with Gasteiger partial charge in [0.15, 0.2) is 0 Å². The molecule has 2 rings (SSSR count). The van der Waals surface area contributed by atoms with Crippen molar-refractivity contribution in [2.45, 2.75) is 26.4 Å². The van der Waals surface area contributed by atoms with Crippen LogP contribution in [0, 0.1) is 0 Å². The normalized spacial score (nSPS) is 12.9. The van der Waals surface area contributed by atoms with Gasteiger partial charge in [0.1, 0.15) is 0 Å². The second-order valence-electron chi connectivity index (χ2n) is 4.09. The van der Waals surface area contributed by atoms with E-state index in [1.165, 1.54) is 14.9 Å². The molecule has 17 heavy (non-hydrogen) atoms. The van der Waals surface area contributed by atoms with Gasteiger partial charge in [0, 0.05) is 27.8 Å². The third kappa shape index (κ3) is 3.21. The topological polar surface area (TPSA) is 17.0 Å². The highest BCUT2D eigenvalue weighted by molar-refractivity contribution is 9.10. The van der Waals surface area contributed by atoms with Gasteiger partial charge in [-0.25, -0.2) is 0 Å². The number of nitrogens with one attached hydrogen (secondary N) is 1. The molecular weight excluding hydrogens is 296 g/mol. The Morgan fingerprint density at radius 3 is 2.94 bits per heavy atom. The molecule has 2 aromatic heterocycles. The number of hydrogen-bond acceptors (Lipinski definition) is 2. The summed E-state index contributed by atoms with van der Waals surface area (Å²) < 4.78 is 3.44. The van der Waals surface area contributed by atoms with E-state index in [1.807, 2.05) is 0 Å². The first kappa shape index (κ1) is 12.9. The van der Waals surface area contributed by atoms with E-state index < -0.39 is 0 Å². The highest BCUT2D eigenvalue weighted by Gasteiger charge is 2.07. The Hall–Kier alpha value is -0.580. The molecule has 0 saturated heterocycles. The Morgan fingerprint density at radius 2 is 2.29 bits per heavy atom. The van der Waals surface area contributed by atoms with Crippen molar-refractivity contribution < 1.29 is 0 Å². The first-order valence-electron chi connectivity index (χ1n) is 5.81. The van der Waals surface area contributed by atoms with Gasteiger partial charge in [-0.15, -0.1) is 11.3 Å². The quantitative estimate of drug-likeness (QED) is 0.882. The van der Waals surface area contributed by atoms with Gasteiger partial charge in [-0.1, -0.05) is 6.92 Å². The van der Waals surface area contributed by atoms with Crippen LogP contribution >= 0.6 is 27.3 Å². The summed E-state index contributed by atoms with van der Waals surface area (Å²) in [5.74, 6) is 0. The van der Waals surface area contributed by atoms with Crippen molar-refractivity contribution >= 4 is 27.3 Å². The molecule has 0 aliphatic rings. The van der Waals surface area contributed by atoms with Crippen LogP contribution in [0.4, 0.5) is 0 Å². The van der Waals surface area contributed by atoms with E-state index in [0.29, 0.717) is 6.04 Å². The van der Waals surface area contributed by atoms with Crippen molar-refractivity contribution in [3.63, 3.8) is 0 Å². The van der Waals surface area contributed by atoms with Crippen molar-refractivity contribution in [1.29, 1.82) is 0 Å². The molecule has 92 valence electrons. The fourth-order valence-electron chi connectivity index (χ4n) is 1.84. The molecule has 2 nitrogen and oxygen atoms in total. The summed E-state index contributed by atoms with van der Waals surface area (Å²) in [5.41, 5.74) is 1.35. The second kappa shape index (κ2) is 5.85. The van der Waals surface area contributed by atoms with Gasteiger partial charge in [0.05, 0.1) is 6.54 Å². The monoisotopic (exact) mass is 312 g/mol. The number of rotatable bonds is 5. The Bertz CT molecular complexity index is 475. The standard InChI is InChI=1S/C13H17BrN2S/c1-3-15-10(2)11-4-6-16(8-11)9-13-12(14)5-7-17-13/h4-8,10,15H,3,9H2,1-2H3. The van der Waals surface area contributed by atoms with Crippen molar-refractivity contribution in [3.05, 3.63) is 44.8 Å². The molecular formula is C13H17BrN2S. The average molecular weight is 313 g/mol. The predicted octanol–water partition coefficient (Wildman–Crippen LogP) is 4.03.